The van der Waals surface area contributed by atoms with E-state index < -0.39 is 89.9 Å². The second kappa shape index (κ2) is 28.2. The second-order valence-corrected chi connectivity index (χ2v) is 17.6. The van der Waals surface area contributed by atoms with Gasteiger partial charge < -0.3 is 49.7 Å². The van der Waals surface area contributed by atoms with Gasteiger partial charge in [-0.1, -0.05) is 101 Å². The predicted octanol–water partition coefficient (Wildman–Crippen LogP) is 2.57. The van der Waals surface area contributed by atoms with E-state index in [-0.39, 0.29) is 75.2 Å². The molecule has 19 nitrogen and oxygen atoms in total. The van der Waals surface area contributed by atoms with E-state index in [4.69, 9.17) is 28.7 Å². The van der Waals surface area contributed by atoms with E-state index in [1.165, 1.54) is 0 Å². The Hall–Kier alpha value is -7.18. The van der Waals surface area contributed by atoms with E-state index in [1.54, 1.807) is 51.1 Å². The number of carbonyl (C=O) groups is 8. The fourth-order valence-corrected chi connectivity index (χ4v) is 7.83. The van der Waals surface area contributed by atoms with E-state index >= 15 is 0 Å². The second-order valence-electron chi connectivity index (χ2n) is 17.6. The molecule has 0 saturated heterocycles. The SMILES string of the molecule is CCC(C)C(NC(=O)C(CCCN=C(N)N)CC(=O)[C@H](CC(=O)O)NC(=O)[C@@H](CC(=O)[C@H](CCCN=C(N)N)NC(=O)Cc1ccc(CC(=O)c2ccc3ccccc3c2)cc1)[C@@H](C)CC)C(N)=O. The number of Topliss-reactive ketones (excluding diaryl/α,β-unsaturated/α-hetero) is 3. The molecule has 0 aromatic heterocycles. The van der Waals surface area contributed by atoms with Gasteiger partial charge in [0.2, 0.25) is 23.6 Å². The molecule has 0 fully saturated rings. The van der Waals surface area contributed by atoms with Crippen LogP contribution < -0.4 is 44.6 Å². The monoisotopic (exact) mass is 955 g/mol. The molecule has 0 aliphatic carbocycles. The van der Waals surface area contributed by atoms with Crippen LogP contribution >= 0.6 is 0 Å². The van der Waals surface area contributed by atoms with Crippen LogP contribution in [-0.4, -0.2) is 95.2 Å². The molecule has 0 bridgehead atoms. The number of guanidine groups is 2. The summed E-state index contributed by atoms with van der Waals surface area (Å²) in [5, 5.41) is 19.8. The van der Waals surface area contributed by atoms with Crippen LogP contribution in [0.1, 0.15) is 107 Å². The van der Waals surface area contributed by atoms with Crippen LogP contribution in [0.4, 0.5) is 0 Å². The highest BCUT2D eigenvalue weighted by Gasteiger charge is 2.36. The molecule has 0 aliphatic heterocycles. The Balaban J connectivity index is 1.78. The lowest BCUT2D eigenvalue weighted by atomic mass is 9.84. The molecule has 0 heterocycles. The fourth-order valence-electron chi connectivity index (χ4n) is 7.83. The number of ketones is 3. The zero-order valence-electron chi connectivity index (χ0n) is 40.1. The minimum Gasteiger partial charge on any atom is -0.481 e. The lowest BCUT2D eigenvalue weighted by molar-refractivity contribution is -0.141. The Labute approximate surface area is 403 Å². The molecular weight excluding hydrogens is 885 g/mol. The highest BCUT2D eigenvalue weighted by Crippen LogP contribution is 2.24. The standard InChI is InChI=1S/C50H70N10O9/c1-5-29(3)37(48(69)59-39(28-44(65)66)41(62)26-36(13-9-21-56-49(52)53)47(68)60-45(46(51)67)30(4)6-2)27-42(63)38(14-10-22-57-50(54)55)58-43(64)24-32-17-15-31(16-18-32)23-40(61)35-20-19-33-11-7-8-12-34(33)25-35/h7-8,11-12,15-20,25,29-30,36-39,45H,5-6,9-10,13-14,21-24,26-28H2,1-4H3,(H2,51,67)(H,58,64)(H,59,69)(H,60,68)(H,65,66)(H4,52,53,56)(H4,54,55,57)/t29-,30?,36?,37-,38-,39-,45?/m0/s1. The molecule has 3 aromatic rings. The van der Waals surface area contributed by atoms with Crippen LogP contribution in [0.2, 0.25) is 0 Å². The number of primary amides is 1. The Morgan fingerprint density at radius 1 is 0.609 bits per heavy atom. The molecule has 69 heavy (non-hydrogen) atoms. The number of hydrogen-bond donors (Lipinski definition) is 9. The van der Waals surface area contributed by atoms with E-state index in [0.717, 1.165) is 16.3 Å². The van der Waals surface area contributed by atoms with Gasteiger partial charge >= 0.3 is 5.97 Å². The van der Waals surface area contributed by atoms with E-state index in [0.29, 0.717) is 30.4 Å². The maximum absolute atomic E-state index is 14.1. The Morgan fingerprint density at radius 3 is 1.74 bits per heavy atom. The first-order valence-corrected chi connectivity index (χ1v) is 23.4. The van der Waals surface area contributed by atoms with Crippen molar-refractivity contribution in [2.24, 2.45) is 62.3 Å². The van der Waals surface area contributed by atoms with Crippen molar-refractivity contribution in [1.29, 1.82) is 0 Å². The summed E-state index contributed by atoms with van der Waals surface area (Å²) in [6.45, 7) is 7.36. The van der Waals surface area contributed by atoms with Gasteiger partial charge in [-0.15, -0.1) is 0 Å². The third kappa shape index (κ3) is 19.2. The van der Waals surface area contributed by atoms with Crippen molar-refractivity contribution in [3.8, 4) is 0 Å². The quantitative estimate of drug-likeness (QED) is 0.0194. The molecule has 4 amide bonds. The maximum Gasteiger partial charge on any atom is 0.305 e. The number of nitrogens with two attached hydrogens (primary N) is 5. The number of carbonyl (C=O) groups excluding carboxylic acids is 7. The Bertz CT molecular complexity index is 2330. The van der Waals surface area contributed by atoms with Gasteiger partial charge in [-0.3, -0.25) is 48.3 Å². The third-order valence-corrected chi connectivity index (χ3v) is 12.3. The molecule has 0 radical (unpaired) electrons. The first kappa shape index (κ1) is 56.1. The summed E-state index contributed by atoms with van der Waals surface area (Å²) in [7, 11) is 0. The first-order chi connectivity index (χ1) is 32.7. The van der Waals surface area contributed by atoms with Gasteiger partial charge in [-0.2, -0.15) is 0 Å². The largest absolute Gasteiger partial charge is 0.481 e. The number of benzene rings is 3. The van der Waals surface area contributed by atoms with Gasteiger partial charge in [0.1, 0.15) is 6.04 Å². The number of hydrogen-bond acceptors (Lipinski definition) is 10. The van der Waals surface area contributed by atoms with Crippen LogP contribution in [-0.2, 0) is 46.4 Å². The van der Waals surface area contributed by atoms with Gasteiger partial charge in [0.25, 0.3) is 0 Å². The maximum atomic E-state index is 14.1. The molecule has 19 heteroatoms. The molecule has 374 valence electrons. The van der Waals surface area contributed by atoms with Crippen molar-refractivity contribution in [2.45, 2.75) is 116 Å². The van der Waals surface area contributed by atoms with Crippen molar-refractivity contribution in [3.05, 3.63) is 83.4 Å². The molecule has 14 N–H and O–H groups in total. The van der Waals surface area contributed by atoms with Gasteiger partial charge in [0.15, 0.2) is 29.3 Å². The predicted molar refractivity (Wildman–Crippen MR) is 264 cm³/mol. The number of aliphatic carboxylic acids is 1. The topological polar surface area (TPSA) is 348 Å². The number of nitrogens with one attached hydrogen (secondary N) is 3. The van der Waals surface area contributed by atoms with Crippen LogP contribution in [0.5, 0.6) is 0 Å². The molecule has 3 unspecified atom stereocenters. The minimum absolute atomic E-state index is 0.0550. The average Bonchev–Trinajstić information content (AvgIpc) is 3.30. The zero-order chi connectivity index (χ0) is 51.2. The number of nitrogens with zero attached hydrogens (tertiary/aromatic N) is 2. The van der Waals surface area contributed by atoms with Crippen molar-refractivity contribution in [3.63, 3.8) is 0 Å². The number of carboxylic acids is 1. The van der Waals surface area contributed by atoms with E-state index in [9.17, 15) is 43.5 Å². The molecule has 3 aromatic carbocycles. The van der Waals surface area contributed by atoms with Crippen molar-refractivity contribution < 1.29 is 43.5 Å². The molecule has 7 atom stereocenters. The molecule has 0 aliphatic rings. The third-order valence-electron chi connectivity index (χ3n) is 12.3. The highest BCUT2D eigenvalue weighted by atomic mass is 16.4. The lowest BCUT2D eigenvalue weighted by Crippen LogP contribution is -2.51. The van der Waals surface area contributed by atoms with Gasteiger partial charge in [0.05, 0.1) is 24.9 Å². The summed E-state index contributed by atoms with van der Waals surface area (Å²) in [6.07, 6.45) is -0.00549. The van der Waals surface area contributed by atoms with E-state index in [2.05, 4.69) is 25.9 Å². The lowest BCUT2D eigenvalue weighted by Gasteiger charge is -2.27. The van der Waals surface area contributed by atoms with Crippen LogP contribution in [0.15, 0.2) is 76.7 Å². The molecule has 0 saturated carbocycles. The Kier molecular flexibility index (Phi) is 23.0. The molecule has 3 rings (SSSR count). The van der Waals surface area contributed by atoms with Crippen LogP contribution in [0, 0.1) is 23.7 Å². The van der Waals surface area contributed by atoms with Crippen molar-refractivity contribution in [1.82, 2.24) is 16.0 Å². The van der Waals surface area contributed by atoms with Crippen LogP contribution in [0.25, 0.3) is 10.8 Å². The minimum atomic E-state index is -1.59. The van der Waals surface area contributed by atoms with E-state index in [1.807, 2.05) is 43.3 Å². The zero-order valence-corrected chi connectivity index (χ0v) is 40.1. The number of amides is 4. The van der Waals surface area contributed by atoms with Crippen molar-refractivity contribution in [2.75, 3.05) is 13.1 Å². The highest BCUT2D eigenvalue weighted by molar-refractivity contribution is 6.01. The average molecular weight is 955 g/mol. The Morgan fingerprint density at radius 2 is 1.17 bits per heavy atom. The fraction of sp³-hybridized carbons (Fsp3) is 0.480. The summed E-state index contributed by atoms with van der Waals surface area (Å²) in [4.78, 5) is 115. The smallest absolute Gasteiger partial charge is 0.305 e. The summed E-state index contributed by atoms with van der Waals surface area (Å²) in [5.74, 6) is -8.64. The van der Waals surface area contributed by atoms with Gasteiger partial charge in [-0.25, -0.2) is 0 Å². The summed E-state index contributed by atoms with van der Waals surface area (Å²) >= 11 is 0. The van der Waals surface area contributed by atoms with Crippen LogP contribution in [0.3, 0.4) is 0 Å². The summed E-state index contributed by atoms with van der Waals surface area (Å²) in [5.41, 5.74) is 29.5. The molecule has 0 spiro atoms. The van der Waals surface area contributed by atoms with Gasteiger partial charge in [0, 0.05) is 49.8 Å². The number of carboxylic acid groups (broad SMARTS) is 1. The number of aliphatic imine (C=N–C) groups is 2. The number of rotatable bonds is 31. The summed E-state index contributed by atoms with van der Waals surface area (Å²) < 4.78 is 0. The van der Waals surface area contributed by atoms with Crippen molar-refractivity contribution >= 4 is 69.6 Å². The normalized spacial score (nSPS) is 14.1. The first-order valence-electron chi connectivity index (χ1n) is 23.4. The molecular formula is C50H70N10O9. The number of fused-ring (bicyclic) bond motifs is 1. The van der Waals surface area contributed by atoms with Gasteiger partial charge in [-0.05, 0) is 65.5 Å². The summed E-state index contributed by atoms with van der Waals surface area (Å²) in [6, 6.07) is 16.7.